The molecule has 2 rings (SSSR count). The summed E-state index contributed by atoms with van der Waals surface area (Å²) in [6.07, 6.45) is 6.32. The minimum absolute atomic E-state index is 0.100. The molecule has 2 atom stereocenters. The summed E-state index contributed by atoms with van der Waals surface area (Å²) in [5, 5.41) is 4.30. The fraction of sp³-hybridized carbons (Fsp3) is 0.750. The summed E-state index contributed by atoms with van der Waals surface area (Å²) in [6, 6.07) is 0. The van der Waals surface area contributed by atoms with Crippen molar-refractivity contribution in [1.29, 1.82) is 0 Å². The van der Waals surface area contributed by atoms with E-state index in [0.29, 0.717) is 5.88 Å². The number of rotatable bonds is 4. The molecule has 16 heavy (non-hydrogen) atoms. The number of halogens is 1. The number of alkyl halides is 1. The van der Waals surface area contributed by atoms with Crippen LogP contribution in [0.25, 0.3) is 0 Å². The smallest absolute Gasteiger partial charge is 0.0618 e. The molecule has 1 fully saturated rings. The van der Waals surface area contributed by atoms with Crippen LogP contribution in [-0.2, 0) is 17.7 Å². The van der Waals surface area contributed by atoms with Gasteiger partial charge in [-0.15, -0.1) is 11.6 Å². The minimum atomic E-state index is 0.100. The fourth-order valence-electron chi connectivity index (χ4n) is 2.35. The Balaban J connectivity index is 2.12. The standard InChI is InChI=1S/C12H19ClN2O/c1-3-15-8-11(7-14-15)6-12(9-13)4-5-16-10(12)2/h7-8,10H,3-6,9H2,1-2H3. The molecule has 0 saturated carbocycles. The molecule has 2 heterocycles. The molecule has 1 aliphatic heterocycles. The molecule has 1 saturated heterocycles. The molecule has 2 unspecified atom stereocenters. The lowest BCUT2D eigenvalue weighted by Gasteiger charge is -2.29. The number of ether oxygens (including phenoxy) is 1. The second-order valence-corrected chi connectivity index (χ2v) is 4.91. The third-order valence-corrected chi connectivity index (χ3v) is 4.20. The molecule has 4 heteroatoms. The van der Waals surface area contributed by atoms with Gasteiger partial charge in [0.25, 0.3) is 0 Å². The van der Waals surface area contributed by atoms with Gasteiger partial charge >= 0.3 is 0 Å². The quantitative estimate of drug-likeness (QED) is 0.759. The highest BCUT2D eigenvalue weighted by Crippen LogP contribution is 2.39. The molecule has 90 valence electrons. The summed E-state index contributed by atoms with van der Waals surface area (Å²) in [4.78, 5) is 0. The topological polar surface area (TPSA) is 27.1 Å². The van der Waals surface area contributed by atoms with Crippen LogP contribution >= 0.6 is 11.6 Å². The van der Waals surface area contributed by atoms with Crippen molar-refractivity contribution in [2.24, 2.45) is 5.41 Å². The largest absolute Gasteiger partial charge is 0.378 e. The monoisotopic (exact) mass is 242 g/mol. The average molecular weight is 243 g/mol. The SMILES string of the molecule is CCn1cc(CC2(CCl)CCOC2C)cn1. The van der Waals surface area contributed by atoms with E-state index in [-0.39, 0.29) is 11.5 Å². The third kappa shape index (κ3) is 2.11. The van der Waals surface area contributed by atoms with Gasteiger partial charge in [0.05, 0.1) is 12.3 Å². The molecule has 0 aromatic carbocycles. The molecule has 0 amide bonds. The predicted molar refractivity (Wildman–Crippen MR) is 64.8 cm³/mol. The van der Waals surface area contributed by atoms with Crippen molar-refractivity contribution in [1.82, 2.24) is 9.78 Å². The van der Waals surface area contributed by atoms with Crippen molar-refractivity contribution in [3.8, 4) is 0 Å². The van der Waals surface area contributed by atoms with Crippen LogP contribution in [0, 0.1) is 5.41 Å². The first-order chi connectivity index (χ1) is 7.70. The van der Waals surface area contributed by atoms with Crippen LogP contribution in [-0.4, -0.2) is 28.4 Å². The van der Waals surface area contributed by atoms with Crippen molar-refractivity contribution >= 4 is 11.6 Å². The Morgan fingerprint density at radius 3 is 3.00 bits per heavy atom. The van der Waals surface area contributed by atoms with Crippen LogP contribution in [0.1, 0.15) is 25.8 Å². The first-order valence-corrected chi connectivity index (χ1v) is 6.42. The summed E-state index contributed by atoms with van der Waals surface area (Å²) in [7, 11) is 0. The van der Waals surface area contributed by atoms with Crippen LogP contribution in [0.5, 0.6) is 0 Å². The summed E-state index contributed by atoms with van der Waals surface area (Å²) in [5.74, 6) is 0.658. The molecule has 0 aliphatic carbocycles. The van der Waals surface area contributed by atoms with E-state index in [1.165, 1.54) is 5.56 Å². The Morgan fingerprint density at radius 1 is 1.69 bits per heavy atom. The van der Waals surface area contributed by atoms with Crippen LogP contribution in [0.4, 0.5) is 0 Å². The highest BCUT2D eigenvalue weighted by Gasteiger charge is 2.41. The summed E-state index contributed by atoms with van der Waals surface area (Å²) in [6.45, 7) is 5.96. The second kappa shape index (κ2) is 4.76. The maximum atomic E-state index is 6.14. The molecular weight excluding hydrogens is 224 g/mol. The Labute approximate surface area is 102 Å². The van der Waals surface area contributed by atoms with Gasteiger partial charge in [0.1, 0.15) is 0 Å². The van der Waals surface area contributed by atoms with E-state index in [2.05, 4.69) is 25.1 Å². The summed E-state index contributed by atoms with van der Waals surface area (Å²) < 4.78 is 7.61. The zero-order valence-electron chi connectivity index (χ0n) is 9.95. The third-order valence-electron chi connectivity index (χ3n) is 3.66. The van der Waals surface area contributed by atoms with Crippen LogP contribution < -0.4 is 0 Å². The lowest BCUT2D eigenvalue weighted by atomic mass is 9.79. The van der Waals surface area contributed by atoms with Gasteiger partial charge in [-0.05, 0) is 32.3 Å². The second-order valence-electron chi connectivity index (χ2n) is 4.64. The van der Waals surface area contributed by atoms with E-state index < -0.39 is 0 Å². The lowest BCUT2D eigenvalue weighted by Crippen LogP contribution is -2.33. The van der Waals surface area contributed by atoms with Gasteiger partial charge in [-0.25, -0.2) is 0 Å². The first-order valence-electron chi connectivity index (χ1n) is 5.89. The van der Waals surface area contributed by atoms with Crippen LogP contribution in [0.15, 0.2) is 12.4 Å². The summed E-state index contributed by atoms with van der Waals surface area (Å²) in [5.41, 5.74) is 1.36. The van der Waals surface area contributed by atoms with Crippen molar-refractivity contribution in [3.05, 3.63) is 18.0 Å². The number of nitrogens with zero attached hydrogens (tertiary/aromatic N) is 2. The molecule has 3 nitrogen and oxygen atoms in total. The highest BCUT2D eigenvalue weighted by molar-refractivity contribution is 6.18. The average Bonchev–Trinajstić information content (AvgIpc) is 2.88. The molecule has 1 aromatic rings. The molecule has 0 radical (unpaired) electrons. The van der Waals surface area contributed by atoms with Crippen LogP contribution in [0.2, 0.25) is 0 Å². The number of hydrogen-bond donors (Lipinski definition) is 0. The van der Waals surface area contributed by atoms with E-state index in [4.69, 9.17) is 16.3 Å². The molecular formula is C12H19ClN2O. The van der Waals surface area contributed by atoms with Crippen molar-refractivity contribution in [2.75, 3.05) is 12.5 Å². The molecule has 0 N–H and O–H groups in total. The predicted octanol–water partition coefficient (Wildman–Crippen LogP) is 2.48. The molecule has 0 spiro atoms. The van der Waals surface area contributed by atoms with Gasteiger partial charge in [-0.1, -0.05) is 0 Å². The Hall–Kier alpha value is -0.540. The maximum absolute atomic E-state index is 6.14. The first kappa shape index (κ1) is 11.9. The highest BCUT2D eigenvalue weighted by atomic mass is 35.5. The zero-order valence-corrected chi connectivity index (χ0v) is 10.7. The van der Waals surface area contributed by atoms with Gasteiger partial charge in [0, 0.05) is 30.6 Å². The molecule has 0 bridgehead atoms. The Bertz CT molecular complexity index is 353. The number of aryl methyl sites for hydroxylation is 1. The Kier molecular flexibility index (Phi) is 3.55. The van der Waals surface area contributed by atoms with Crippen LogP contribution in [0.3, 0.4) is 0 Å². The lowest BCUT2D eigenvalue weighted by molar-refractivity contribution is 0.0735. The normalized spacial score (nSPS) is 29.8. The van der Waals surface area contributed by atoms with Crippen molar-refractivity contribution < 1.29 is 4.74 Å². The fourth-order valence-corrected chi connectivity index (χ4v) is 2.80. The van der Waals surface area contributed by atoms with Gasteiger partial charge in [-0.3, -0.25) is 4.68 Å². The van der Waals surface area contributed by atoms with Gasteiger partial charge in [0.2, 0.25) is 0 Å². The molecule has 1 aliphatic rings. The van der Waals surface area contributed by atoms with Gasteiger partial charge in [-0.2, -0.15) is 5.10 Å². The van der Waals surface area contributed by atoms with E-state index in [9.17, 15) is 0 Å². The molecule has 1 aromatic heterocycles. The van der Waals surface area contributed by atoms with Gasteiger partial charge in [0.15, 0.2) is 0 Å². The minimum Gasteiger partial charge on any atom is -0.378 e. The number of aromatic nitrogens is 2. The van der Waals surface area contributed by atoms with Crippen molar-refractivity contribution in [2.45, 2.75) is 39.3 Å². The van der Waals surface area contributed by atoms with Crippen molar-refractivity contribution in [3.63, 3.8) is 0 Å². The van der Waals surface area contributed by atoms with Gasteiger partial charge < -0.3 is 4.74 Å². The zero-order chi connectivity index (χ0) is 11.6. The van der Waals surface area contributed by atoms with E-state index in [1.807, 2.05) is 10.9 Å². The number of hydrogen-bond acceptors (Lipinski definition) is 2. The van der Waals surface area contributed by atoms with E-state index >= 15 is 0 Å². The van der Waals surface area contributed by atoms with E-state index in [1.54, 1.807) is 0 Å². The Morgan fingerprint density at radius 2 is 2.50 bits per heavy atom. The summed E-state index contributed by atoms with van der Waals surface area (Å²) >= 11 is 6.14. The van der Waals surface area contributed by atoms with E-state index in [0.717, 1.165) is 26.0 Å². The maximum Gasteiger partial charge on any atom is 0.0618 e.